The van der Waals surface area contributed by atoms with Crippen molar-refractivity contribution in [1.29, 1.82) is 0 Å². The van der Waals surface area contributed by atoms with E-state index in [1.807, 2.05) is 6.08 Å². The van der Waals surface area contributed by atoms with E-state index in [0.717, 1.165) is 0 Å². The Kier molecular flexibility index (Phi) is 1.16. The van der Waals surface area contributed by atoms with Gasteiger partial charge < -0.3 is 9.84 Å². The van der Waals surface area contributed by atoms with Gasteiger partial charge in [-0.05, 0) is 0 Å². The fraction of sp³-hybridized carbons (Fsp3) is 0.571. The fourth-order valence-electron chi connectivity index (χ4n) is 1.32. The largest absolute Gasteiger partial charge is 0.382 e. The van der Waals surface area contributed by atoms with Gasteiger partial charge in [0, 0.05) is 6.42 Å². The third-order valence-electron chi connectivity index (χ3n) is 1.89. The molecule has 0 saturated carbocycles. The Hall–Kier alpha value is -0.670. The Labute approximate surface area is 58.3 Å². The minimum absolute atomic E-state index is 0.0686. The third kappa shape index (κ3) is 0.711. The van der Waals surface area contributed by atoms with Gasteiger partial charge in [-0.1, -0.05) is 12.2 Å². The topological polar surface area (TPSA) is 46.5 Å². The molecule has 3 atom stereocenters. The summed E-state index contributed by atoms with van der Waals surface area (Å²) in [7, 11) is 0. The summed E-state index contributed by atoms with van der Waals surface area (Å²) in [6.45, 7) is 0. The van der Waals surface area contributed by atoms with Crippen LogP contribution < -0.4 is 0 Å². The maximum Gasteiger partial charge on any atom is 0.167 e. The van der Waals surface area contributed by atoms with Gasteiger partial charge in [0.2, 0.25) is 0 Å². The summed E-state index contributed by atoms with van der Waals surface area (Å²) in [4.78, 5) is 10.9. The molecule has 2 aliphatic heterocycles. The highest BCUT2D eigenvalue weighted by Gasteiger charge is 2.37. The first-order chi connectivity index (χ1) is 4.77. The molecule has 54 valence electrons. The monoisotopic (exact) mass is 140 g/mol. The molecule has 0 aliphatic carbocycles. The van der Waals surface area contributed by atoms with E-state index in [1.165, 1.54) is 0 Å². The first-order valence-corrected chi connectivity index (χ1v) is 3.32. The Balaban J connectivity index is 2.23. The Bertz CT molecular complexity index is 197. The summed E-state index contributed by atoms with van der Waals surface area (Å²) in [6.07, 6.45) is 2.55. The zero-order chi connectivity index (χ0) is 7.14. The molecule has 2 rings (SSSR count). The SMILES string of the molecule is O=C1CC2C=CC(O2)C1O. The van der Waals surface area contributed by atoms with E-state index in [1.54, 1.807) is 6.08 Å². The molecular weight excluding hydrogens is 132 g/mol. The summed E-state index contributed by atoms with van der Waals surface area (Å²) < 4.78 is 5.20. The van der Waals surface area contributed by atoms with Gasteiger partial charge in [-0.3, -0.25) is 4.79 Å². The Morgan fingerprint density at radius 3 is 3.20 bits per heavy atom. The molecule has 10 heavy (non-hydrogen) atoms. The number of carbonyl (C=O) groups excluding carboxylic acids is 1. The smallest absolute Gasteiger partial charge is 0.167 e. The van der Waals surface area contributed by atoms with Crippen molar-refractivity contribution in [2.75, 3.05) is 0 Å². The van der Waals surface area contributed by atoms with Crippen LogP contribution in [0.25, 0.3) is 0 Å². The molecule has 1 fully saturated rings. The number of ketones is 1. The number of ether oxygens (including phenoxy) is 1. The summed E-state index contributed by atoms with van der Waals surface area (Å²) in [5, 5.41) is 9.14. The molecule has 1 saturated heterocycles. The second-order valence-electron chi connectivity index (χ2n) is 2.64. The maximum absolute atomic E-state index is 10.9. The quantitative estimate of drug-likeness (QED) is 0.467. The van der Waals surface area contributed by atoms with Crippen LogP contribution >= 0.6 is 0 Å². The number of Topliss-reactive ketones (excluding diaryl/α,β-unsaturated/α-hetero) is 1. The molecule has 2 aliphatic rings. The normalized spacial score (nSPS) is 44.5. The van der Waals surface area contributed by atoms with E-state index in [2.05, 4.69) is 0 Å². The zero-order valence-corrected chi connectivity index (χ0v) is 5.36. The van der Waals surface area contributed by atoms with Crippen LogP contribution in [0.1, 0.15) is 6.42 Å². The van der Waals surface area contributed by atoms with Gasteiger partial charge in [0.05, 0.1) is 6.10 Å². The molecule has 3 heteroatoms. The van der Waals surface area contributed by atoms with E-state index >= 15 is 0 Å². The lowest BCUT2D eigenvalue weighted by Gasteiger charge is -2.23. The molecule has 2 bridgehead atoms. The van der Waals surface area contributed by atoms with E-state index in [9.17, 15) is 4.79 Å². The van der Waals surface area contributed by atoms with Crippen LogP contribution in [0.15, 0.2) is 12.2 Å². The van der Waals surface area contributed by atoms with Crippen molar-refractivity contribution in [2.45, 2.75) is 24.7 Å². The molecule has 1 N–H and O–H groups in total. The third-order valence-corrected chi connectivity index (χ3v) is 1.89. The molecule has 0 amide bonds. The van der Waals surface area contributed by atoms with Crippen LogP contribution in [0.4, 0.5) is 0 Å². The van der Waals surface area contributed by atoms with Gasteiger partial charge in [-0.2, -0.15) is 0 Å². The highest BCUT2D eigenvalue weighted by molar-refractivity contribution is 5.85. The van der Waals surface area contributed by atoms with Crippen LogP contribution in [0, 0.1) is 0 Å². The zero-order valence-electron chi connectivity index (χ0n) is 5.36. The molecule has 2 heterocycles. The van der Waals surface area contributed by atoms with Crippen LogP contribution in [0.2, 0.25) is 0 Å². The maximum atomic E-state index is 10.9. The Morgan fingerprint density at radius 2 is 2.40 bits per heavy atom. The lowest BCUT2D eigenvalue weighted by Crippen LogP contribution is -2.40. The second-order valence-corrected chi connectivity index (χ2v) is 2.64. The summed E-state index contributed by atoms with van der Waals surface area (Å²) >= 11 is 0. The van der Waals surface area contributed by atoms with Gasteiger partial charge >= 0.3 is 0 Å². The van der Waals surface area contributed by atoms with Crippen LogP contribution in [-0.2, 0) is 9.53 Å². The molecule has 0 aromatic carbocycles. The van der Waals surface area contributed by atoms with E-state index < -0.39 is 6.10 Å². The van der Waals surface area contributed by atoms with E-state index in [-0.39, 0.29) is 18.0 Å². The molecule has 0 spiro atoms. The average molecular weight is 140 g/mol. The average Bonchev–Trinajstić information content (AvgIpc) is 2.29. The highest BCUT2D eigenvalue weighted by Crippen LogP contribution is 2.24. The molecular formula is C7H8O3. The van der Waals surface area contributed by atoms with Crippen molar-refractivity contribution >= 4 is 5.78 Å². The van der Waals surface area contributed by atoms with Crippen molar-refractivity contribution in [3.05, 3.63) is 12.2 Å². The van der Waals surface area contributed by atoms with Gasteiger partial charge in [0.25, 0.3) is 0 Å². The van der Waals surface area contributed by atoms with E-state index in [0.29, 0.717) is 6.42 Å². The number of hydrogen-bond donors (Lipinski definition) is 1. The summed E-state index contributed by atoms with van der Waals surface area (Å²) in [5.74, 6) is -0.105. The number of aliphatic hydroxyl groups excluding tert-OH is 1. The Morgan fingerprint density at radius 1 is 1.60 bits per heavy atom. The summed E-state index contributed by atoms with van der Waals surface area (Å²) in [6, 6.07) is 0. The minimum Gasteiger partial charge on any atom is -0.382 e. The van der Waals surface area contributed by atoms with Crippen molar-refractivity contribution in [2.24, 2.45) is 0 Å². The molecule has 0 aromatic heterocycles. The van der Waals surface area contributed by atoms with Gasteiger partial charge in [0.15, 0.2) is 5.78 Å². The van der Waals surface area contributed by atoms with Gasteiger partial charge in [-0.15, -0.1) is 0 Å². The molecule has 0 aromatic rings. The lowest BCUT2D eigenvalue weighted by molar-refractivity contribution is -0.144. The highest BCUT2D eigenvalue weighted by atomic mass is 16.5. The van der Waals surface area contributed by atoms with Crippen LogP contribution in [-0.4, -0.2) is 29.2 Å². The molecule has 0 radical (unpaired) electrons. The van der Waals surface area contributed by atoms with E-state index in [4.69, 9.17) is 9.84 Å². The predicted molar refractivity (Wildman–Crippen MR) is 33.4 cm³/mol. The summed E-state index contributed by atoms with van der Waals surface area (Å²) in [5.41, 5.74) is 0. The number of carbonyl (C=O) groups is 1. The second kappa shape index (κ2) is 1.90. The van der Waals surface area contributed by atoms with Crippen molar-refractivity contribution in [3.63, 3.8) is 0 Å². The van der Waals surface area contributed by atoms with Crippen LogP contribution in [0.3, 0.4) is 0 Å². The number of fused-ring (bicyclic) bond motifs is 2. The first-order valence-electron chi connectivity index (χ1n) is 3.32. The van der Waals surface area contributed by atoms with Crippen molar-refractivity contribution in [3.8, 4) is 0 Å². The van der Waals surface area contributed by atoms with Crippen LogP contribution in [0.5, 0.6) is 0 Å². The molecule has 3 nitrogen and oxygen atoms in total. The minimum atomic E-state index is -0.921. The first kappa shape index (κ1) is 6.07. The number of hydrogen-bond acceptors (Lipinski definition) is 3. The lowest BCUT2D eigenvalue weighted by atomic mass is 10.1. The fourth-order valence-corrected chi connectivity index (χ4v) is 1.32. The van der Waals surface area contributed by atoms with Gasteiger partial charge in [0.1, 0.15) is 12.2 Å². The molecule has 3 unspecified atom stereocenters. The standard InChI is InChI=1S/C7H8O3/c8-5-3-4-1-2-6(10-4)7(5)9/h1-2,4,6-7,9H,3H2. The van der Waals surface area contributed by atoms with Gasteiger partial charge in [-0.25, -0.2) is 0 Å². The van der Waals surface area contributed by atoms with Crippen molar-refractivity contribution < 1.29 is 14.6 Å². The predicted octanol–water partition coefficient (Wildman–Crippen LogP) is -0.356. The number of aliphatic hydroxyl groups is 1. The number of rotatable bonds is 0. The van der Waals surface area contributed by atoms with Crippen molar-refractivity contribution in [1.82, 2.24) is 0 Å².